The van der Waals surface area contributed by atoms with Crippen molar-refractivity contribution in [3.8, 4) is 17.0 Å². The number of nitrogens with one attached hydrogen (secondary N) is 2. The van der Waals surface area contributed by atoms with E-state index >= 15 is 0 Å². The molecule has 1 aliphatic heterocycles. The van der Waals surface area contributed by atoms with Crippen molar-refractivity contribution < 1.29 is 23.1 Å². The maximum Gasteiger partial charge on any atom is 0.416 e. The Bertz CT molecular complexity index is 969. The van der Waals surface area contributed by atoms with E-state index in [2.05, 4.69) is 32.7 Å². The highest BCUT2D eigenvalue weighted by Crippen LogP contribution is 2.37. The standard InChI is InChI=1S/C21H26F3N5O2.C3H9N/c1-13-17(11-25)20(26-15-4-2-7-29(12-15)8-3-9-30)28-27-19(13)16-6-5-14(10-18(16)31)21(22,23)24;1-3-4-2/h5-6,9-10,15,31H,2-4,7-8,11-12,25H2,1H3,(H,26,28);4H,3H2,1-2H3. The third-order valence-corrected chi connectivity index (χ3v) is 5.89. The first kappa shape index (κ1) is 28.5. The molecule has 8 nitrogen and oxygen atoms in total. The van der Waals surface area contributed by atoms with Crippen LogP contribution in [0.4, 0.5) is 19.0 Å². The van der Waals surface area contributed by atoms with Crippen LogP contribution < -0.4 is 16.4 Å². The number of aromatic nitrogens is 2. The number of phenolic OH excluding ortho intramolecular Hbond substituents is 1. The number of halogens is 3. The molecule has 5 N–H and O–H groups in total. The van der Waals surface area contributed by atoms with Gasteiger partial charge < -0.3 is 31.2 Å². The molecule has 11 heteroatoms. The summed E-state index contributed by atoms with van der Waals surface area (Å²) in [5.74, 6) is 0.00592. The van der Waals surface area contributed by atoms with E-state index in [9.17, 15) is 23.1 Å². The second kappa shape index (κ2) is 13.4. The van der Waals surface area contributed by atoms with Crippen molar-refractivity contribution >= 4 is 12.1 Å². The number of hydrogen-bond acceptors (Lipinski definition) is 8. The largest absolute Gasteiger partial charge is 0.507 e. The lowest BCUT2D eigenvalue weighted by Gasteiger charge is -2.33. The van der Waals surface area contributed by atoms with E-state index in [0.29, 0.717) is 36.0 Å². The second-order valence-electron chi connectivity index (χ2n) is 8.38. The molecule has 1 aliphatic rings. The molecule has 3 rings (SSSR count). The molecule has 0 radical (unpaired) electrons. The van der Waals surface area contributed by atoms with Crippen molar-refractivity contribution in [1.82, 2.24) is 20.4 Å². The highest BCUT2D eigenvalue weighted by molar-refractivity contribution is 5.72. The van der Waals surface area contributed by atoms with Crippen LogP contribution in [0.2, 0.25) is 0 Å². The summed E-state index contributed by atoms with van der Waals surface area (Å²) < 4.78 is 38.7. The molecule has 1 saturated heterocycles. The van der Waals surface area contributed by atoms with E-state index in [0.717, 1.165) is 44.8 Å². The van der Waals surface area contributed by atoms with Gasteiger partial charge in [-0.25, -0.2) is 0 Å². The van der Waals surface area contributed by atoms with E-state index in [-0.39, 0.29) is 23.8 Å². The molecule has 0 amide bonds. The van der Waals surface area contributed by atoms with Crippen LogP contribution >= 0.6 is 0 Å². The summed E-state index contributed by atoms with van der Waals surface area (Å²) >= 11 is 0. The van der Waals surface area contributed by atoms with Gasteiger partial charge in [0, 0.05) is 43.2 Å². The molecule has 35 heavy (non-hydrogen) atoms. The Kier molecular flexibility index (Phi) is 10.9. The van der Waals surface area contributed by atoms with Crippen LogP contribution in [0.5, 0.6) is 5.75 Å². The van der Waals surface area contributed by atoms with Crippen LogP contribution in [-0.2, 0) is 17.5 Å². The fourth-order valence-electron chi connectivity index (χ4n) is 3.89. The number of phenols is 1. The number of hydrogen-bond donors (Lipinski definition) is 4. The third kappa shape index (κ3) is 7.87. The van der Waals surface area contributed by atoms with Crippen LogP contribution in [0.1, 0.15) is 42.9 Å². The molecule has 0 saturated carbocycles. The average molecular weight is 497 g/mol. The second-order valence-corrected chi connectivity index (χ2v) is 8.38. The number of piperidine rings is 1. The van der Waals surface area contributed by atoms with Crippen molar-refractivity contribution in [2.75, 3.05) is 38.5 Å². The maximum atomic E-state index is 12.9. The SMILES string of the molecule is CCNC.Cc1c(-c2ccc(C(F)(F)F)cc2O)nnc(NC2CCCN(CCC=O)C2)c1CN. The minimum Gasteiger partial charge on any atom is -0.507 e. The number of aldehydes is 1. The highest BCUT2D eigenvalue weighted by Gasteiger charge is 2.31. The van der Waals surface area contributed by atoms with Gasteiger partial charge in [0.15, 0.2) is 5.82 Å². The lowest BCUT2D eigenvalue weighted by molar-refractivity contribution is -0.137. The number of alkyl halides is 3. The zero-order chi connectivity index (χ0) is 26.0. The predicted octanol–water partition coefficient (Wildman–Crippen LogP) is 3.33. The number of nitrogens with zero attached hydrogens (tertiary/aromatic N) is 3. The highest BCUT2D eigenvalue weighted by atomic mass is 19.4. The van der Waals surface area contributed by atoms with Crippen molar-refractivity contribution in [1.29, 1.82) is 0 Å². The van der Waals surface area contributed by atoms with Gasteiger partial charge in [0.1, 0.15) is 17.7 Å². The van der Waals surface area contributed by atoms with Gasteiger partial charge in [0.05, 0.1) is 5.56 Å². The van der Waals surface area contributed by atoms with Gasteiger partial charge in [0.2, 0.25) is 0 Å². The summed E-state index contributed by atoms with van der Waals surface area (Å²) in [6.45, 7) is 7.46. The Hall–Kier alpha value is -2.76. The summed E-state index contributed by atoms with van der Waals surface area (Å²) in [7, 11) is 1.93. The van der Waals surface area contributed by atoms with E-state index in [4.69, 9.17) is 5.73 Å². The van der Waals surface area contributed by atoms with E-state index < -0.39 is 17.5 Å². The number of nitrogens with two attached hydrogens (primary N) is 1. The van der Waals surface area contributed by atoms with Crippen molar-refractivity contribution in [3.63, 3.8) is 0 Å². The average Bonchev–Trinajstić information content (AvgIpc) is 2.83. The maximum absolute atomic E-state index is 12.9. The monoisotopic (exact) mass is 496 g/mol. The summed E-state index contributed by atoms with van der Waals surface area (Å²) in [4.78, 5) is 12.8. The number of likely N-dealkylation sites (tertiary alicyclic amines) is 1. The van der Waals surface area contributed by atoms with Crippen molar-refractivity contribution in [2.45, 2.75) is 51.9 Å². The molecule has 0 bridgehead atoms. The van der Waals surface area contributed by atoms with Crippen molar-refractivity contribution in [2.24, 2.45) is 5.73 Å². The van der Waals surface area contributed by atoms with E-state index in [1.165, 1.54) is 6.07 Å². The number of carbonyl (C=O) groups is 1. The lowest BCUT2D eigenvalue weighted by Crippen LogP contribution is -2.42. The quantitative estimate of drug-likeness (QED) is 0.412. The predicted molar refractivity (Wildman–Crippen MR) is 130 cm³/mol. The minimum atomic E-state index is -4.55. The molecular formula is C24H35F3N6O2. The van der Waals surface area contributed by atoms with Gasteiger partial charge in [-0.3, -0.25) is 0 Å². The number of rotatable bonds is 8. The van der Waals surface area contributed by atoms with Crippen LogP contribution in [0.25, 0.3) is 11.3 Å². The normalized spacial score (nSPS) is 16.4. The molecule has 0 aliphatic carbocycles. The topological polar surface area (TPSA) is 116 Å². The summed E-state index contributed by atoms with van der Waals surface area (Å²) in [5, 5.41) is 24.9. The molecule has 2 heterocycles. The molecule has 1 atom stereocenters. The van der Waals surface area contributed by atoms with Gasteiger partial charge >= 0.3 is 6.18 Å². The summed E-state index contributed by atoms with van der Waals surface area (Å²) in [6, 6.07) is 2.89. The molecular weight excluding hydrogens is 461 g/mol. The first-order valence-electron chi connectivity index (χ1n) is 11.7. The number of aromatic hydroxyl groups is 1. The molecule has 2 aromatic rings. The van der Waals surface area contributed by atoms with Crippen LogP contribution in [-0.4, -0.2) is 65.8 Å². The fourth-order valence-corrected chi connectivity index (χ4v) is 3.89. The fraction of sp³-hybridized carbons (Fsp3) is 0.542. The molecule has 1 aromatic carbocycles. The zero-order valence-electron chi connectivity index (χ0n) is 20.5. The number of carbonyl (C=O) groups excluding carboxylic acids is 1. The lowest BCUT2D eigenvalue weighted by atomic mass is 10.00. The van der Waals surface area contributed by atoms with Gasteiger partial charge in [-0.1, -0.05) is 6.92 Å². The van der Waals surface area contributed by atoms with Crippen molar-refractivity contribution in [3.05, 3.63) is 34.9 Å². The van der Waals surface area contributed by atoms with E-state index in [1.54, 1.807) is 6.92 Å². The van der Waals surface area contributed by atoms with Gasteiger partial charge in [0.25, 0.3) is 0 Å². The van der Waals surface area contributed by atoms with Crippen LogP contribution in [0.15, 0.2) is 18.2 Å². The molecule has 1 unspecified atom stereocenters. The molecule has 194 valence electrons. The molecule has 1 aromatic heterocycles. The third-order valence-electron chi connectivity index (χ3n) is 5.89. The smallest absolute Gasteiger partial charge is 0.416 e. The first-order chi connectivity index (χ1) is 16.7. The van der Waals surface area contributed by atoms with Crippen LogP contribution in [0, 0.1) is 6.92 Å². The zero-order valence-corrected chi connectivity index (χ0v) is 20.5. The van der Waals surface area contributed by atoms with Gasteiger partial charge in [-0.15, -0.1) is 10.2 Å². The van der Waals surface area contributed by atoms with Crippen LogP contribution in [0.3, 0.4) is 0 Å². The molecule has 0 spiro atoms. The number of anilines is 1. The Labute approximate surface area is 204 Å². The first-order valence-corrected chi connectivity index (χ1v) is 11.7. The number of benzene rings is 1. The Balaban J connectivity index is 0.00000100. The summed E-state index contributed by atoms with van der Waals surface area (Å²) in [5.41, 5.74) is 6.79. The van der Waals surface area contributed by atoms with Gasteiger partial charge in [-0.2, -0.15) is 13.2 Å². The van der Waals surface area contributed by atoms with E-state index in [1.807, 2.05) is 7.05 Å². The Morgan fingerprint density at radius 2 is 2.03 bits per heavy atom. The minimum absolute atomic E-state index is 0.115. The Morgan fingerprint density at radius 3 is 2.60 bits per heavy atom. The molecule has 1 fully saturated rings. The Morgan fingerprint density at radius 1 is 1.31 bits per heavy atom. The summed E-state index contributed by atoms with van der Waals surface area (Å²) in [6.07, 6.45) is -1.23. The van der Waals surface area contributed by atoms with Gasteiger partial charge in [-0.05, 0) is 63.7 Å².